The van der Waals surface area contributed by atoms with E-state index in [1.807, 2.05) is 53.2 Å². The van der Waals surface area contributed by atoms with E-state index in [4.69, 9.17) is 9.47 Å². The number of hydrogen-bond donors (Lipinski definition) is 1. The highest BCUT2D eigenvalue weighted by molar-refractivity contribution is 5.76. The predicted octanol–water partition coefficient (Wildman–Crippen LogP) is 3.37. The molecular formula is C22H23N3O3. The van der Waals surface area contributed by atoms with Crippen LogP contribution in [0.25, 0.3) is 11.3 Å². The molecule has 144 valence electrons. The standard InChI is InChI=1S/C22H23N3O3/c1-27-20-10-16-8-9-18(17(16)11-21(20)28-2)24-22(26)13-25-12-19(23-14-25)15-6-4-3-5-7-15/h3-7,10-12,14,18H,8-9,13H2,1-2H3,(H,24,26)/t18-/m0/s1. The van der Waals surface area contributed by atoms with Crippen molar-refractivity contribution >= 4 is 5.91 Å². The Kier molecular flexibility index (Phi) is 5.02. The first-order valence-corrected chi connectivity index (χ1v) is 9.29. The topological polar surface area (TPSA) is 65.4 Å². The van der Waals surface area contributed by atoms with E-state index in [1.165, 1.54) is 5.56 Å². The van der Waals surface area contributed by atoms with Crippen LogP contribution in [-0.2, 0) is 17.8 Å². The van der Waals surface area contributed by atoms with E-state index in [0.29, 0.717) is 5.75 Å². The Bertz CT molecular complexity index is 982. The van der Waals surface area contributed by atoms with Crippen LogP contribution in [-0.4, -0.2) is 29.7 Å². The predicted molar refractivity (Wildman–Crippen MR) is 106 cm³/mol. The van der Waals surface area contributed by atoms with Crippen LogP contribution in [0.4, 0.5) is 0 Å². The molecule has 1 heterocycles. The molecule has 4 rings (SSSR count). The zero-order chi connectivity index (χ0) is 19.5. The molecule has 3 aromatic rings. The molecule has 28 heavy (non-hydrogen) atoms. The second kappa shape index (κ2) is 7.76. The normalized spacial score (nSPS) is 15.1. The third-order valence-electron chi connectivity index (χ3n) is 5.09. The lowest BCUT2D eigenvalue weighted by Crippen LogP contribution is -2.30. The van der Waals surface area contributed by atoms with Crippen LogP contribution in [0.5, 0.6) is 11.5 Å². The Morgan fingerprint density at radius 1 is 1.18 bits per heavy atom. The van der Waals surface area contributed by atoms with E-state index >= 15 is 0 Å². The van der Waals surface area contributed by atoms with Crippen LogP contribution in [0.3, 0.4) is 0 Å². The van der Waals surface area contributed by atoms with Gasteiger partial charge >= 0.3 is 0 Å². The van der Waals surface area contributed by atoms with Gasteiger partial charge in [0.05, 0.1) is 32.3 Å². The first-order valence-electron chi connectivity index (χ1n) is 9.29. The molecule has 0 saturated heterocycles. The highest BCUT2D eigenvalue weighted by Crippen LogP contribution is 2.39. The molecule has 1 aliphatic rings. The summed E-state index contributed by atoms with van der Waals surface area (Å²) in [5.74, 6) is 1.37. The van der Waals surface area contributed by atoms with E-state index in [0.717, 1.165) is 35.4 Å². The minimum absolute atomic E-state index is 0.0144. The zero-order valence-electron chi connectivity index (χ0n) is 16.0. The lowest BCUT2D eigenvalue weighted by atomic mass is 10.1. The number of nitrogens with one attached hydrogen (secondary N) is 1. The molecule has 1 aromatic heterocycles. The van der Waals surface area contributed by atoms with Crippen LogP contribution in [0.2, 0.25) is 0 Å². The maximum absolute atomic E-state index is 12.6. The third kappa shape index (κ3) is 3.58. The van der Waals surface area contributed by atoms with Gasteiger partial charge in [-0.15, -0.1) is 0 Å². The first kappa shape index (κ1) is 18.1. The maximum Gasteiger partial charge on any atom is 0.240 e. The van der Waals surface area contributed by atoms with Crippen molar-refractivity contribution in [2.24, 2.45) is 0 Å². The first-order chi connectivity index (χ1) is 13.7. The van der Waals surface area contributed by atoms with Crippen LogP contribution in [0, 0.1) is 0 Å². The van der Waals surface area contributed by atoms with E-state index < -0.39 is 0 Å². The molecule has 1 aliphatic carbocycles. The number of nitrogens with zero attached hydrogens (tertiary/aromatic N) is 2. The van der Waals surface area contributed by atoms with Gasteiger partial charge in [0.2, 0.25) is 5.91 Å². The average Bonchev–Trinajstić information content (AvgIpc) is 3.34. The number of benzene rings is 2. The number of aromatic nitrogens is 2. The number of fused-ring (bicyclic) bond motifs is 1. The van der Waals surface area contributed by atoms with Gasteiger partial charge in [0, 0.05) is 11.8 Å². The third-order valence-corrected chi connectivity index (χ3v) is 5.09. The largest absolute Gasteiger partial charge is 0.493 e. The Morgan fingerprint density at radius 2 is 1.93 bits per heavy atom. The van der Waals surface area contributed by atoms with Crippen molar-refractivity contribution in [2.75, 3.05) is 14.2 Å². The summed E-state index contributed by atoms with van der Waals surface area (Å²) in [4.78, 5) is 17.0. The summed E-state index contributed by atoms with van der Waals surface area (Å²) in [5, 5.41) is 3.14. The lowest BCUT2D eigenvalue weighted by molar-refractivity contribution is -0.122. The second-order valence-electron chi connectivity index (χ2n) is 6.86. The van der Waals surface area contributed by atoms with Crippen molar-refractivity contribution < 1.29 is 14.3 Å². The number of carbonyl (C=O) groups is 1. The van der Waals surface area contributed by atoms with Crippen LogP contribution < -0.4 is 14.8 Å². The number of carbonyl (C=O) groups excluding carboxylic acids is 1. The highest BCUT2D eigenvalue weighted by Gasteiger charge is 2.26. The zero-order valence-corrected chi connectivity index (χ0v) is 16.0. The average molecular weight is 377 g/mol. The summed E-state index contributed by atoms with van der Waals surface area (Å²) >= 11 is 0. The number of amides is 1. The van der Waals surface area contributed by atoms with E-state index in [9.17, 15) is 4.79 Å². The number of imidazole rings is 1. The minimum Gasteiger partial charge on any atom is -0.493 e. The molecule has 1 atom stereocenters. The van der Waals surface area contributed by atoms with Crippen molar-refractivity contribution in [3.05, 3.63) is 66.1 Å². The number of methoxy groups -OCH3 is 2. The van der Waals surface area contributed by atoms with E-state index in [2.05, 4.69) is 10.3 Å². The smallest absolute Gasteiger partial charge is 0.240 e. The summed E-state index contributed by atoms with van der Waals surface area (Å²) < 4.78 is 12.6. The van der Waals surface area contributed by atoms with Crippen LogP contribution >= 0.6 is 0 Å². The molecular weight excluding hydrogens is 354 g/mol. The summed E-state index contributed by atoms with van der Waals surface area (Å²) in [6, 6.07) is 13.9. The number of ether oxygens (including phenoxy) is 2. The highest BCUT2D eigenvalue weighted by atomic mass is 16.5. The SMILES string of the molecule is COc1cc2c(cc1OC)[C@@H](NC(=O)Cn1cnc(-c3ccccc3)c1)CC2. The fourth-order valence-electron chi connectivity index (χ4n) is 3.69. The second-order valence-corrected chi connectivity index (χ2v) is 6.86. The van der Waals surface area contributed by atoms with Gasteiger partial charge in [-0.2, -0.15) is 0 Å². The summed E-state index contributed by atoms with van der Waals surface area (Å²) in [6.45, 7) is 0.235. The monoisotopic (exact) mass is 377 g/mol. The molecule has 2 aromatic carbocycles. The molecule has 0 fully saturated rings. The van der Waals surface area contributed by atoms with Gasteiger partial charge in [-0.1, -0.05) is 30.3 Å². The van der Waals surface area contributed by atoms with Crippen molar-refractivity contribution in [3.63, 3.8) is 0 Å². The molecule has 1 N–H and O–H groups in total. The minimum atomic E-state index is -0.0374. The van der Waals surface area contributed by atoms with Crippen LogP contribution in [0.1, 0.15) is 23.6 Å². The Morgan fingerprint density at radius 3 is 2.68 bits per heavy atom. The molecule has 6 heteroatoms. The molecule has 0 saturated carbocycles. The van der Waals surface area contributed by atoms with E-state index in [1.54, 1.807) is 20.5 Å². The number of hydrogen-bond acceptors (Lipinski definition) is 4. The van der Waals surface area contributed by atoms with Gasteiger partial charge in [0.15, 0.2) is 11.5 Å². The van der Waals surface area contributed by atoms with Gasteiger partial charge in [0.1, 0.15) is 6.54 Å². The molecule has 0 radical (unpaired) electrons. The molecule has 6 nitrogen and oxygen atoms in total. The van der Waals surface area contributed by atoms with Gasteiger partial charge < -0.3 is 19.4 Å². The lowest BCUT2D eigenvalue weighted by Gasteiger charge is -2.16. The van der Waals surface area contributed by atoms with Gasteiger partial charge in [-0.25, -0.2) is 4.98 Å². The fourth-order valence-corrected chi connectivity index (χ4v) is 3.69. The van der Waals surface area contributed by atoms with Gasteiger partial charge in [-0.3, -0.25) is 4.79 Å². The fraction of sp³-hybridized carbons (Fsp3) is 0.273. The maximum atomic E-state index is 12.6. The molecule has 0 unspecified atom stereocenters. The van der Waals surface area contributed by atoms with Crippen molar-refractivity contribution in [3.8, 4) is 22.8 Å². The number of aryl methyl sites for hydroxylation is 1. The quantitative estimate of drug-likeness (QED) is 0.715. The molecule has 0 aliphatic heterocycles. The van der Waals surface area contributed by atoms with Gasteiger partial charge in [0.25, 0.3) is 0 Å². The Balaban J connectivity index is 1.44. The van der Waals surface area contributed by atoms with Crippen molar-refractivity contribution in [1.29, 1.82) is 0 Å². The molecule has 0 spiro atoms. The molecule has 0 bridgehead atoms. The summed E-state index contributed by atoms with van der Waals surface area (Å²) in [6.07, 6.45) is 5.37. The Hall–Kier alpha value is -3.28. The summed E-state index contributed by atoms with van der Waals surface area (Å²) in [7, 11) is 3.25. The van der Waals surface area contributed by atoms with Crippen molar-refractivity contribution in [2.45, 2.75) is 25.4 Å². The van der Waals surface area contributed by atoms with Crippen LogP contribution in [0.15, 0.2) is 55.0 Å². The number of rotatable bonds is 6. The Labute approximate surface area is 164 Å². The summed E-state index contributed by atoms with van der Waals surface area (Å²) in [5.41, 5.74) is 4.18. The van der Waals surface area contributed by atoms with E-state index in [-0.39, 0.29) is 18.5 Å². The molecule has 1 amide bonds. The van der Waals surface area contributed by atoms with Gasteiger partial charge in [-0.05, 0) is 36.1 Å². The van der Waals surface area contributed by atoms with Crippen molar-refractivity contribution in [1.82, 2.24) is 14.9 Å².